The lowest BCUT2D eigenvalue weighted by Crippen LogP contribution is -2.47. The minimum atomic E-state index is -1.65. The highest BCUT2D eigenvalue weighted by atomic mass is 28.4. The van der Waals surface area contributed by atoms with Crippen LogP contribution in [0, 0.1) is 5.92 Å². The molecular weight excluding hydrogens is 218 g/mol. The predicted octanol–water partition coefficient (Wildman–Crippen LogP) is 1.98. The third-order valence-electron chi connectivity index (χ3n) is 4.05. The van der Waals surface area contributed by atoms with Crippen LogP contribution in [0.2, 0.25) is 18.1 Å². The highest BCUT2D eigenvalue weighted by molar-refractivity contribution is 6.74. The molecule has 1 saturated heterocycles. The van der Waals surface area contributed by atoms with Gasteiger partial charge in [-0.15, -0.1) is 0 Å². The van der Waals surface area contributed by atoms with Crippen molar-refractivity contribution < 1.29 is 9.53 Å². The molecule has 3 nitrogen and oxygen atoms in total. The zero-order valence-electron chi connectivity index (χ0n) is 11.3. The summed E-state index contributed by atoms with van der Waals surface area (Å²) < 4.78 is 6.15. The van der Waals surface area contributed by atoms with Crippen LogP contribution >= 0.6 is 0 Å². The van der Waals surface area contributed by atoms with E-state index in [0.29, 0.717) is 12.5 Å². The SMILES string of the molecule is CC(C)(C)[Si](C)(C)OC[C@H]1CCNC[C@@H]1O. The monoisotopic (exact) mass is 245 g/mol. The fraction of sp³-hybridized carbons (Fsp3) is 1.00. The van der Waals surface area contributed by atoms with Gasteiger partial charge in [0.15, 0.2) is 8.32 Å². The van der Waals surface area contributed by atoms with E-state index in [0.717, 1.165) is 19.6 Å². The largest absolute Gasteiger partial charge is 0.416 e. The molecule has 0 aromatic heterocycles. The van der Waals surface area contributed by atoms with E-state index in [1.54, 1.807) is 0 Å². The normalized spacial score (nSPS) is 28.1. The Morgan fingerprint density at radius 2 is 2.00 bits per heavy atom. The van der Waals surface area contributed by atoms with Crippen LogP contribution in [0.15, 0.2) is 0 Å². The molecule has 0 aliphatic carbocycles. The van der Waals surface area contributed by atoms with E-state index in [-0.39, 0.29) is 11.1 Å². The zero-order chi connectivity index (χ0) is 12.4. The van der Waals surface area contributed by atoms with E-state index < -0.39 is 8.32 Å². The van der Waals surface area contributed by atoms with Gasteiger partial charge in [-0.05, 0) is 31.1 Å². The van der Waals surface area contributed by atoms with Gasteiger partial charge >= 0.3 is 0 Å². The van der Waals surface area contributed by atoms with E-state index in [4.69, 9.17) is 4.43 Å². The third kappa shape index (κ3) is 3.55. The molecule has 1 rings (SSSR count). The van der Waals surface area contributed by atoms with Gasteiger partial charge in [-0.2, -0.15) is 0 Å². The summed E-state index contributed by atoms with van der Waals surface area (Å²) in [4.78, 5) is 0. The van der Waals surface area contributed by atoms with Crippen LogP contribution in [0.4, 0.5) is 0 Å². The minimum Gasteiger partial charge on any atom is -0.416 e. The molecule has 96 valence electrons. The first-order valence-electron chi connectivity index (χ1n) is 6.27. The Kier molecular flexibility index (Phi) is 4.57. The van der Waals surface area contributed by atoms with Crippen molar-refractivity contribution in [3.05, 3.63) is 0 Å². The van der Waals surface area contributed by atoms with Crippen LogP contribution in [-0.2, 0) is 4.43 Å². The van der Waals surface area contributed by atoms with Crippen molar-refractivity contribution in [2.24, 2.45) is 5.92 Å². The molecule has 2 N–H and O–H groups in total. The van der Waals surface area contributed by atoms with Gasteiger partial charge in [0.2, 0.25) is 0 Å². The van der Waals surface area contributed by atoms with E-state index >= 15 is 0 Å². The number of aliphatic hydroxyl groups is 1. The molecule has 1 fully saturated rings. The van der Waals surface area contributed by atoms with Crippen LogP contribution in [0.25, 0.3) is 0 Å². The predicted molar refractivity (Wildman–Crippen MR) is 70.1 cm³/mol. The van der Waals surface area contributed by atoms with Gasteiger partial charge in [-0.3, -0.25) is 0 Å². The highest BCUT2D eigenvalue weighted by Gasteiger charge is 2.38. The maximum atomic E-state index is 9.84. The molecule has 1 heterocycles. The van der Waals surface area contributed by atoms with Crippen molar-refractivity contribution in [2.45, 2.75) is 51.4 Å². The van der Waals surface area contributed by atoms with Gasteiger partial charge in [0.1, 0.15) is 0 Å². The summed E-state index contributed by atoms with van der Waals surface area (Å²) in [6, 6.07) is 0. The number of rotatable bonds is 3. The third-order valence-corrected chi connectivity index (χ3v) is 8.55. The van der Waals surface area contributed by atoms with Gasteiger partial charge in [-0.25, -0.2) is 0 Å². The van der Waals surface area contributed by atoms with Crippen molar-refractivity contribution >= 4 is 8.32 Å². The number of nitrogens with one attached hydrogen (secondary N) is 1. The van der Waals surface area contributed by atoms with Gasteiger partial charge < -0.3 is 14.8 Å². The molecule has 1 aliphatic heterocycles. The van der Waals surface area contributed by atoms with E-state index in [1.807, 2.05) is 0 Å². The first-order valence-corrected chi connectivity index (χ1v) is 9.17. The van der Waals surface area contributed by atoms with Crippen molar-refractivity contribution in [1.29, 1.82) is 0 Å². The minimum absolute atomic E-state index is 0.237. The molecule has 0 aromatic carbocycles. The van der Waals surface area contributed by atoms with Crippen LogP contribution in [0.5, 0.6) is 0 Å². The summed E-state index contributed by atoms with van der Waals surface area (Å²) in [6.45, 7) is 13.7. The molecule has 0 bridgehead atoms. The summed E-state index contributed by atoms with van der Waals surface area (Å²) in [5.41, 5.74) is 0. The first kappa shape index (κ1) is 14.2. The van der Waals surface area contributed by atoms with Crippen molar-refractivity contribution in [2.75, 3.05) is 19.7 Å². The number of hydrogen-bond donors (Lipinski definition) is 2. The molecule has 0 amide bonds. The Balaban J connectivity index is 2.44. The summed E-state index contributed by atoms with van der Waals surface area (Å²) in [6.07, 6.45) is 0.786. The number of aliphatic hydroxyl groups excluding tert-OH is 1. The Hall–Kier alpha value is 0.0969. The fourth-order valence-corrected chi connectivity index (χ4v) is 2.69. The molecule has 2 atom stereocenters. The van der Waals surface area contributed by atoms with Crippen molar-refractivity contribution in [3.63, 3.8) is 0 Å². The number of β-amino-alcohol motifs (C(OH)–C–C–N with tert-alkyl or cyclic N) is 1. The maximum Gasteiger partial charge on any atom is 0.191 e. The number of piperidine rings is 1. The Bertz CT molecular complexity index is 226. The lowest BCUT2D eigenvalue weighted by atomic mass is 9.96. The lowest BCUT2D eigenvalue weighted by Gasteiger charge is -2.38. The summed E-state index contributed by atoms with van der Waals surface area (Å²) in [5, 5.41) is 13.3. The second-order valence-electron chi connectivity index (χ2n) is 6.39. The van der Waals surface area contributed by atoms with Crippen molar-refractivity contribution in [1.82, 2.24) is 5.32 Å². The maximum absolute atomic E-state index is 9.84. The average molecular weight is 245 g/mol. The molecule has 1 aliphatic rings. The van der Waals surface area contributed by atoms with Gasteiger partial charge in [-0.1, -0.05) is 20.8 Å². The number of hydrogen-bond acceptors (Lipinski definition) is 3. The van der Waals surface area contributed by atoms with Crippen molar-refractivity contribution in [3.8, 4) is 0 Å². The zero-order valence-corrected chi connectivity index (χ0v) is 12.3. The molecule has 0 spiro atoms. The topological polar surface area (TPSA) is 41.5 Å². The fourth-order valence-electron chi connectivity index (χ4n) is 1.62. The second kappa shape index (κ2) is 5.17. The van der Waals surface area contributed by atoms with Crippen LogP contribution in [-0.4, -0.2) is 39.2 Å². The Labute approximate surface area is 101 Å². The summed E-state index contributed by atoms with van der Waals surface area (Å²) >= 11 is 0. The van der Waals surface area contributed by atoms with Gasteiger partial charge in [0.05, 0.1) is 6.10 Å². The smallest absolute Gasteiger partial charge is 0.191 e. The molecule has 0 saturated carbocycles. The summed E-state index contributed by atoms with van der Waals surface area (Å²) in [7, 11) is -1.65. The van der Waals surface area contributed by atoms with Crippen LogP contribution < -0.4 is 5.32 Å². The molecular formula is C12H27NO2Si. The summed E-state index contributed by atoms with van der Waals surface area (Å²) in [5.74, 6) is 0.315. The standard InChI is InChI=1S/C12H27NO2Si/c1-12(2,3)16(4,5)15-9-10-6-7-13-8-11(10)14/h10-11,13-14H,6-9H2,1-5H3/t10-,11+/m1/s1. The van der Waals surface area contributed by atoms with E-state index in [9.17, 15) is 5.11 Å². The van der Waals surface area contributed by atoms with Gasteiger partial charge in [0, 0.05) is 19.1 Å². The Morgan fingerprint density at radius 3 is 2.50 bits per heavy atom. The van der Waals surface area contributed by atoms with E-state index in [2.05, 4.69) is 39.2 Å². The average Bonchev–Trinajstić information content (AvgIpc) is 2.15. The first-order chi connectivity index (χ1) is 7.24. The molecule has 0 radical (unpaired) electrons. The Morgan fingerprint density at radius 1 is 1.38 bits per heavy atom. The van der Waals surface area contributed by atoms with Crippen LogP contribution in [0.3, 0.4) is 0 Å². The molecule has 0 aromatic rings. The van der Waals surface area contributed by atoms with E-state index in [1.165, 1.54) is 0 Å². The second-order valence-corrected chi connectivity index (χ2v) is 11.2. The quantitative estimate of drug-likeness (QED) is 0.747. The van der Waals surface area contributed by atoms with Gasteiger partial charge in [0.25, 0.3) is 0 Å². The van der Waals surface area contributed by atoms with Crippen LogP contribution in [0.1, 0.15) is 27.2 Å². The molecule has 4 heteroatoms. The molecule has 0 unspecified atom stereocenters. The lowest BCUT2D eigenvalue weighted by molar-refractivity contribution is 0.0490. The molecule has 16 heavy (non-hydrogen) atoms. The highest BCUT2D eigenvalue weighted by Crippen LogP contribution is 2.37.